The van der Waals surface area contributed by atoms with Crippen LogP contribution in [0.25, 0.3) is 10.9 Å². The molecule has 0 amide bonds. The summed E-state index contributed by atoms with van der Waals surface area (Å²) in [6, 6.07) is 5.14. The minimum absolute atomic E-state index is 0.118. The molecule has 0 aliphatic rings. The second kappa shape index (κ2) is 4.64. The van der Waals surface area contributed by atoms with Crippen LogP contribution in [0.4, 0.5) is 0 Å². The molecule has 1 heterocycles. The molecule has 0 unspecified atom stereocenters. The van der Waals surface area contributed by atoms with Gasteiger partial charge in [0, 0.05) is 11.6 Å². The Hall–Kier alpha value is -1.35. The Morgan fingerprint density at radius 3 is 2.53 bits per heavy atom. The molecule has 2 aromatic rings. The Bertz CT molecular complexity index is 786. The van der Waals surface area contributed by atoms with Gasteiger partial charge in [-0.15, -0.1) is 0 Å². The molecule has 1 aromatic carbocycles. The Kier molecular flexibility index (Phi) is 3.43. The molecule has 0 aliphatic heterocycles. The molecule has 19 heavy (non-hydrogen) atoms. The van der Waals surface area contributed by atoms with Crippen molar-refractivity contribution in [3.63, 3.8) is 0 Å². The topological polar surface area (TPSA) is 143 Å². The van der Waals surface area contributed by atoms with E-state index < -0.39 is 17.6 Å². The molecule has 2 rings (SSSR count). The van der Waals surface area contributed by atoms with Crippen LogP contribution < -0.4 is 16.0 Å². The van der Waals surface area contributed by atoms with Gasteiger partial charge in [0.25, 0.3) is 10.0 Å². The molecule has 0 aliphatic carbocycles. The van der Waals surface area contributed by atoms with Crippen molar-refractivity contribution >= 4 is 33.8 Å². The van der Waals surface area contributed by atoms with Gasteiger partial charge in [-0.3, -0.25) is 15.4 Å². The van der Waals surface area contributed by atoms with Gasteiger partial charge in [0.15, 0.2) is 0 Å². The predicted octanol–water partition coefficient (Wildman–Crippen LogP) is -0.810. The zero-order valence-corrected chi connectivity index (χ0v) is 11.1. The van der Waals surface area contributed by atoms with E-state index in [-0.39, 0.29) is 15.6 Å². The number of aromatic nitrogens is 1. The molecular formula is C9H10N3O5PS. The van der Waals surface area contributed by atoms with E-state index in [0.717, 1.165) is 6.20 Å². The van der Waals surface area contributed by atoms with Crippen LogP contribution in [0.5, 0.6) is 0 Å². The van der Waals surface area contributed by atoms with Crippen molar-refractivity contribution in [3.05, 3.63) is 30.5 Å². The van der Waals surface area contributed by atoms with Gasteiger partial charge >= 0.3 is 7.60 Å². The first-order chi connectivity index (χ1) is 8.74. The van der Waals surface area contributed by atoms with Crippen molar-refractivity contribution in [3.8, 4) is 0 Å². The largest absolute Gasteiger partial charge is 0.357 e. The van der Waals surface area contributed by atoms with E-state index in [1.807, 2.05) is 0 Å². The maximum atomic E-state index is 11.5. The predicted molar refractivity (Wildman–Crippen MR) is 67.9 cm³/mol. The van der Waals surface area contributed by atoms with Crippen LogP contribution in [-0.4, -0.2) is 23.2 Å². The van der Waals surface area contributed by atoms with Gasteiger partial charge in [0.2, 0.25) is 0 Å². The number of nitrogens with zero attached hydrogens (tertiary/aromatic N) is 1. The summed E-state index contributed by atoms with van der Waals surface area (Å²) < 4.78 is 34.2. The molecule has 0 spiro atoms. The van der Waals surface area contributed by atoms with Crippen molar-refractivity contribution in [2.24, 2.45) is 5.84 Å². The third kappa shape index (κ3) is 2.81. The summed E-state index contributed by atoms with van der Waals surface area (Å²) in [7, 11) is -8.27. The molecule has 5 N–H and O–H groups in total. The van der Waals surface area contributed by atoms with Crippen molar-refractivity contribution in [1.82, 2.24) is 9.82 Å². The van der Waals surface area contributed by atoms with E-state index in [0.29, 0.717) is 5.52 Å². The average Bonchev–Trinajstić information content (AvgIpc) is 2.36. The first-order valence-corrected chi connectivity index (χ1v) is 8.02. The maximum Gasteiger partial charge on any atom is 0.357 e. The quantitative estimate of drug-likeness (QED) is 0.330. The molecule has 1 aromatic heterocycles. The maximum absolute atomic E-state index is 11.5. The third-order valence-electron chi connectivity index (χ3n) is 2.44. The standard InChI is InChI=1S/C9H10N3O5PS/c10-12-19(16,17)8-1-2-9-6(4-8)3-7(5-11-9)18(13,14)15/h1-5,12H,10H2,(H2,13,14,15). The van der Waals surface area contributed by atoms with Crippen LogP contribution in [0.2, 0.25) is 0 Å². The molecule has 0 saturated carbocycles. The van der Waals surface area contributed by atoms with Crippen LogP contribution >= 0.6 is 7.60 Å². The molecule has 0 radical (unpaired) electrons. The summed E-state index contributed by atoms with van der Waals surface area (Å²) in [6.07, 6.45) is 1.05. The van der Waals surface area contributed by atoms with Crippen molar-refractivity contribution in [2.45, 2.75) is 4.90 Å². The van der Waals surface area contributed by atoms with E-state index in [2.05, 4.69) is 4.98 Å². The SMILES string of the molecule is NNS(=O)(=O)c1ccc2ncc(P(=O)(O)O)cc2c1. The summed E-state index contributed by atoms with van der Waals surface area (Å²) in [5, 5.41) is 0.00686. The highest BCUT2D eigenvalue weighted by Gasteiger charge is 2.19. The van der Waals surface area contributed by atoms with Gasteiger partial charge in [-0.1, -0.05) is 0 Å². The van der Waals surface area contributed by atoms with Crippen molar-refractivity contribution in [1.29, 1.82) is 0 Å². The lowest BCUT2D eigenvalue weighted by Gasteiger charge is -2.06. The monoisotopic (exact) mass is 303 g/mol. The number of nitrogens with one attached hydrogen (secondary N) is 1. The molecule has 8 nitrogen and oxygen atoms in total. The van der Waals surface area contributed by atoms with E-state index in [4.69, 9.17) is 15.6 Å². The average molecular weight is 303 g/mol. The molecule has 102 valence electrons. The lowest BCUT2D eigenvalue weighted by molar-refractivity contribution is 0.387. The van der Waals surface area contributed by atoms with Gasteiger partial charge in [-0.05, 0) is 24.3 Å². The summed E-state index contributed by atoms with van der Waals surface area (Å²) >= 11 is 0. The van der Waals surface area contributed by atoms with Crippen molar-refractivity contribution < 1.29 is 22.8 Å². The number of pyridine rings is 1. The third-order valence-corrected chi connectivity index (χ3v) is 4.54. The normalized spacial score (nSPS) is 12.8. The fraction of sp³-hybridized carbons (Fsp3) is 0. The number of hydrogen-bond donors (Lipinski definition) is 4. The Balaban J connectivity index is 2.68. The number of hydrogen-bond acceptors (Lipinski definition) is 5. The fourth-order valence-electron chi connectivity index (χ4n) is 1.49. The molecule has 10 heteroatoms. The van der Waals surface area contributed by atoms with Gasteiger partial charge in [-0.25, -0.2) is 8.42 Å². The fourth-order valence-corrected chi connectivity index (χ4v) is 2.67. The lowest BCUT2D eigenvalue weighted by atomic mass is 10.2. The minimum atomic E-state index is -4.44. The Morgan fingerprint density at radius 2 is 1.95 bits per heavy atom. The smallest absolute Gasteiger partial charge is 0.321 e. The van der Waals surface area contributed by atoms with E-state index >= 15 is 0 Å². The van der Waals surface area contributed by atoms with Gasteiger partial charge in [-0.2, -0.15) is 4.83 Å². The molecule has 0 fully saturated rings. The van der Waals surface area contributed by atoms with E-state index in [1.165, 1.54) is 24.3 Å². The number of rotatable bonds is 3. The van der Waals surface area contributed by atoms with E-state index in [1.54, 1.807) is 4.83 Å². The highest BCUT2D eigenvalue weighted by atomic mass is 32.2. The highest BCUT2D eigenvalue weighted by Crippen LogP contribution is 2.33. The first kappa shape index (κ1) is 14.1. The lowest BCUT2D eigenvalue weighted by Crippen LogP contribution is -2.30. The van der Waals surface area contributed by atoms with Crippen LogP contribution in [0.3, 0.4) is 0 Å². The zero-order valence-electron chi connectivity index (χ0n) is 9.39. The molecule has 0 atom stereocenters. The number of sulfonamides is 1. The molecular weight excluding hydrogens is 293 g/mol. The summed E-state index contributed by atoms with van der Waals surface area (Å²) in [5.41, 5.74) is 0.410. The summed E-state index contributed by atoms with van der Waals surface area (Å²) in [5.74, 6) is 4.90. The Morgan fingerprint density at radius 1 is 1.26 bits per heavy atom. The minimum Gasteiger partial charge on any atom is -0.321 e. The van der Waals surface area contributed by atoms with Gasteiger partial charge in [0.1, 0.15) is 0 Å². The number of fused-ring (bicyclic) bond motifs is 1. The second-order valence-corrected chi connectivity index (χ2v) is 7.03. The number of benzene rings is 1. The van der Waals surface area contributed by atoms with Gasteiger partial charge in [0.05, 0.1) is 15.7 Å². The molecule has 0 bridgehead atoms. The van der Waals surface area contributed by atoms with Gasteiger partial charge < -0.3 is 9.79 Å². The second-order valence-electron chi connectivity index (χ2n) is 3.71. The summed E-state index contributed by atoms with van der Waals surface area (Å²) in [6.45, 7) is 0. The van der Waals surface area contributed by atoms with Crippen LogP contribution in [0.15, 0.2) is 35.4 Å². The van der Waals surface area contributed by atoms with Crippen molar-refractivity contribution in [2.75, 3.05) is 0 Å². The zero-order chi connectivity index (χ0) is 14.3. The Labute approximate surface area is 108 Å². The van der Waals surface area contributed by atoms with Crippen LogP contribution in [-0.2, 0) is 14.6 Å². The molecule has 0 saturated heterocycles. The van der Waals surface area contributed by atoms with E-state index in [9.17, 15) is 13.0 Å². The number of hydrazine groups is 1. The first-order valence-electron chi connectivity index (χ1n) is 4.92. The number of nitrogens with two attached hydrogens (primary N) is 1. The van der Waals surface area contributed by atoms with Crippen LogP contribution in [0, 0.1) is 0 Å². The highest BCUT2D eigenvalue weighted by molar-refractivity contribution is 7.89. The summed E-state index contributed by atoms with van der Waals surface area (Å²) in [4.78, 5) is 23.5. The van der Waals surface area contributed by atoms with Crippen LogP contribution in [0.1, 0.15) is 0 Å².